The molecule has 0 saturated carbocycles. The zero-order chi connectivity index (χ0) is 13.9. The maximum atomic E-state index is 12.8. The highest BCUT2D eigenvalue weighted by atomic mass is 16.2. The number of hydrogen-bond acceptors (Lipinski definition) is 2. The molecule has 0 aliphatic heterocycles. The summed E-state index contributed by atoms with van der Waals surface area (Å²) in [5, 5.41) is 0.949. The lowest BCUT2D eigenvalue weighted by Gasteiger charge is -2.21. The van der Waals surface area contributed by atoms with Gasteiger partial charge in [-0.25, -0.2) is 0 Å². The van der Waals surface area contributed by atoms with E-state index in [-0.39, 0.29) is 5.91 Å². The Kier molecular flexibility index (Phi) is 3.21. The molecule has 3 aromatic rings. The van der Waals surface area contributed by atoms with Crippen LogP contribution < -0.4 is 4.90 Å². The lowest BCUT2D eigenvalue weighted by molar-refractivity contribution is 0.0990. The van der Waals surface area contributed by atoms with Crippen molar-refractivity contribution in [3.63, 3.8) is 0 Å². The molecule has 1 amide bonds. The van der Waals surface area contributed by atoms with Crippen LogP contribution in [0.3, 0.4) is 0 Å². The van der Waals surface area contributed by atoms with Gasteiger partial charge in [-0.2, -0.15) is 0 Å². The fourth-order valence-electron chi connectivity index (χ4n) is 2.38. The monoisotopic (exact) mass is 265 g/mol. The third-order valence-electron chi connectivity index (χ3n) is 3.36. The summed E-state index contributed by atoms with van der Waals surface area (Å²) in [6.07, 6.45) is 5.24. The molecule has 0 spiro atoms. The van der Waals surface area contributed by atoms with E-state index in [0.717, 1.165) is 16.6 Å². The number of fused-ring (bicyclic) bond motifs is 1. The van der Waals surface area contributed by atoms with E-state index < -0.39 is 0 Å². The number of hydrogen-bond donors (Lipinski definition) is 1. The van der Waals surface area contributed by atoms with Gasteiger partial charge in [0.2, 0.25) is 0 Å². The molecule has 0 bridgehead atoms. The molecule has 0 atom stereocenters. The van der Waals surface area contributed by atoms with E-state index in [1.807, 2.05) is 49.5 Å². The number of rotatable bonds is 3. The zero-order valence-electron chi connectivity index (χ0n) is 11.2. The Labute approximate surface area is 117 Å². The molecule has 20 heavy (non-hydrogen) atoms. The number of nitrogens with one attached hydrogen (secondary N) is 1. The van der Waals surface area contributed by atoms with Crippen molar-refractivity contribution in [2.24, 2.45) is 0 Å². The molecule has 0 aliphatic rings. The van der Waals surface area contributed by atoms with Crippen molar-refractivity contribution >= 4 is 22.5 Å². The summed E-state index contributed by atoms with van der Waals surface area (Å²) >= 11 is 0. The standard InChI is InChI=1S/C16H15N3O/c1-2-19(12-6-9-17-10-7-12)16(20)14-4-3-5-15-13(14)8-11-18-15/h3-11,18H,2H2,1H3. The number of carbonyl (C=O) groups excluding carboxylic acids is 1. The molecule has 0 saturated heterocycles. The maximum Gasteiger partial charge on any atom is 0.258 e. The fourth-order valence-corrected chi connectivity index (χ4v) is 2.38. The van der Waals surface area contributed by atoms with E-state index in [1.165, 1.54) is 0 Å². The van der Waals surface area contributed by atoms with Gasteiger partial charge in [0.1, 0.15) is 0 Å². The smallest absolute Gasteiger partial charge is 0.258 e. The highest BCUT2D eigenvalue weighted by Gasteiger charge is 2.18. The third kappa shape index (κ3) is 2.05. The number of benzene rings is 1. The Hall–Kier alpha value is -2.62. The van der Waals surface area contributed by atoms with Crippen LogP contribution in [0.2, 0.25) is 0 Å². The number of nitrogens with zero attached hydrogens (tertiary/aromatic N) is 2. The van der Waals surface area contributed by atoms with Gasteiger partial charge in [-0.3, -0.25) is 9.78 Å². The van der Waals surface area contributed by atoms with Crippen molar-refractivity contribution in [2.75, 3.05) is 11.4 Å². The van der Waals surface area contributed by atoms with Crippen LogP contribution in [0.25, 0.3) is 10.9 Å². The number of anilines is 1. The summed E-state index contributed by atoms with van der Waals surface area (Å²) in [5.74, 6) is 0.00361. The Morgan fingerprint density at radius 1 is 1.20 bits per heavy atom. The number of pyridine rings is 1. The van der Waals surface area contributed by atoms with E-state index in [2.05, 4.69) is 9.97 Å². The van der Waals surface area contributed by atoms with Crippen molar-refractivity contribution in [1.29, 1.82) is 0 Å². The van der Waals surface area contributed by atoms with Gasteiger partial charge in [0.25, 0.3) is 5.91 Å². The van der Waals surface area contributed by atoms with Crippen LogP contribution in [0.1, 0.15) is 17.3 Å². The Morgan fingerprint density at radius 2 is 2.00 bits per heavy atom. The summed E-state index contributed by atoms with van der Waals surface area (Å²) in [7, 11) is 0. The Bertz CT molecular complexity index is 734. The molecule has 2 aromatic heterocycles. The average molecular weight is 265 g/mol. The van der Waals surface area contributed by atoms with Gasteiger partial charge in [0.05, 0.1) is 0 Å². The van der Waals surface area contributed by atoms with Crippen LogP contribution in [0, 0.1) is 0 Å². The molecule has 1 N–H and O–H groups in total. The summed E-state index contributed by atoms with van der Waals surface area (Å²) in [5.41, 5.74) is 2.55. The molecular formula is C16H15N3O. The van der Waals surface area contributed by atoms with Gasteiger partial charge in [-0.1, -0.05) is 6.07 Å². The van der Waals surface area contributed by atoms with Crippen LogP contribution in [-0.2, 0) is 0 Å². The average Bonchev–Trinajstić information content (AvgIpc) is 2.97. The van der Waals surface area contributed by atoms with Crippen molar-refractivity contribution in [3.8, 4) is 0 Å². The van der Waals surface area contributed by atoms with Crippen LogP contribution in [0.4, 0.5) is 5.69 Å². The van der Waals surface area contributed by atoms with Crippen LogP contribution in [0.5, 0.6) is 0 Å². The van der Waals surface area contributed by atoms with E-state index in [0.29, 0.717) is 12.1 Å². The molecule has 3 rings (SSSR count). The van der Waals surface area contributed by atoms with E-state index in [9.17, 15) is 4.79 Å². The van der Waals surface area contributed by atoms with Gasteiger partial charge < -0.3 is 9.88 Å². The first-order chi connectivity index (χ1) is 9.81. The lowest BCUT2D eigenvalue weighted by atomic mass is 10.1. The van der Waals surface area contributed by atoms with Crippen molar-refractivity contribution < 1.29 is 4.79 Å². The van der Waals surface area contributed by atoms with Crippen LogP contribution >= 0.6 is 0 Å². The Balaban J connectivity index is 2.05. The quantitative estimate of drug-likeness (QED) is 0.790. The summed E-state index contributed by atoms with van der Waals surface area (Å²) in [4.78, 5) is 21.7. The molecule has 0 radical (unpaired) electrons. The number of carbonyl (C=O) groups is 1. The van der Waals surface area contributed by atoms with Gasteiger partial charge in [-0.15, -0.1) is 0 Å². The predicted molar refractivity (Wildman–Crippen MR) is 79.9 cm³/mol. The minimum absolute atomic E-state index is 0.00361. The van der Waals surface area contributed by atoms with Crippen molar-refractivity contribution in [1.82, 2.24) is 9.97 Å². The minimum Gasteiger partial charge on any atom is -0.361 e. The minimum atomic E-state index is 0.00361. The van der Waals surface area contributed by atoms with Crippen molar-refractivity contribution in [2.45, 2.75) is 6.92 Å². The molecule has 4 nitrogen and oxygen atoms in total. The maximum absolute atomic E-state index is 12.8. The largest absolute Gasteiger partial charge is 0.361 e. The second-order valence-electron chi connectivity index (χ2n) is 4.50. The van der Waals surface area contributed by atoms with E-state index in [1.54, 1.807) is 17.3 Å². The molecule has 100 valence electrons. The number of aromatic amines is 1. The second kappa shape index (κ2) is 5.17. The van der Waals surface area contributed by atoms with E-state index in [4.69, 9.17) is 0 Å². The lowest BCUT2D eigenvalue weighted by Crippen LogP contribution is -2.30. The number of H-pyrrole nitrogens is 1. The van der Waals surface area contributed by atoms with Gasteiger partial charge in [-0.05, 0) is 37.3 Å². The first-order valence-electron chi connectivity index (χ1n) is 6.59. The zero-order valence-corrected chi connectivity index (χ0v) is 11.2. The molecule has 0 fully saturated rings. The molecule has 0 aliphatic carbocycles. The molecule has 2 heterocycles. The van der Waals surface area contributed by atoms with Crippen LogP contribution in [0.15, 0.2) is 55.0 Å². The van der Waals surface area contributed by atoms with E-state index >= 15 is 0 Å². The summed E-state index contributed by atoms with van der Waals surface area (Å²) in [6, 6.07) is 11.4. The van der Waals surface area contributed by atoms with Gasteiger partial charge in [0, 0.05) is 47.3 Å². The Morgan fingerprint density at radius 3 is 2.75 bits per heavy atom. The van der Waals surface area contributed by atoms with Gasteiger partial charge >= 0.3 is 0 Å². The first kappa shape index (κ1) is 12.4. The summed E-state index contributed by atoms with van der Waals surface area (Å²) < 4.78 is 0. The molecule has 0 unspecified atom stereocenters. The fraction of sp³-hybridized carbons (Fsp3) is 0.125. The SMILES string of the molecule is CCN(C(=O)c1cccc2[nH]ccc12)c1ccncc1. The number of aromatic nitrogens is 2. The van der Waals surface area contributed by atoms with Gasteiger partial charge in [0.15, 0.2) is 0 Å². The third-order valence-corrected chi connectivity index (χ3v) is 3.36. The highest BCUT2D eigenvalue weighted by molar-refractivity contribution is 6.13. The molecule has 4 heteroatoms. The normalized spacial score (nSPS) is 10.7. The summed E-state index contributed by atoms with van der Waals surface area (Å²) in [6.45, 7) is 2.58. The first-order valence-corrected chi connectivity index (χ1v) is 6.59. The second-order valence-corrected chi connectivity index (χ2v) is 4.50. The van der Waals surface area contributed by atoms with Crippen molar-refractivity contribution in [3.05, 3.63) is 60.6 Å². The molecule has 1 aromatic carbocycles. The predicted octanol–water partition coefficient (Wildman–Crippen LogP) is 3.23. The number of amides is 1. The molecular weight excluding hydrogens is 250 g/mol. The topological polar surface area (TPSA) is 49.0 Å². The highest BCUT2D eigenvalue weighted by Crippen LogP contribution is 2.22. The van der Waals surface area contributed by atoms with Crippen LogP contribution in [-0.4, -0.2) is 22.4 Å².